The number of ether oxygens (including phenoxy) is 2. The smallest absolute Gasteiger partial charge is 0.257 e. The molecule has 1 aliphatic carbocycles. The number of methoxy groups -OCH3 is 1. The topological polar surface area (TPSA) is 101 Å². The molecule has 1 aliphatic heterocycles. The number of hydrogen-bond acceptors (Lipinski definition) is 6. The van der Waals surface area contributed by atoms with Crippen LogP contribution in [-0.2, 0) is 9.53 Å². The van der Waals surface area contributed by atoms with Crippen LogP contribution in [0.1, 0.15) is 47.4 Å². The van der Waals surface area contributed by atoms with E-state index in [9.17, 15) is 14.4 Å². The number of carbonyl (C=O) groups excluding carboxylic acids is 3. The van der Waals surface area contributed by atoms with E-state index in [1.807, 2.05) is 13.8 Å². The Kier molecular flexibility index (Phi) is 7.88. The van der Waals surface area contributed by atoms with Crippen LogP contribution in [0.2, 0.25) is 0 Å². The van der Waals surface area contributed by atoms with Gasteiger partial charge in [-0.2, -0.15) is 0 Å². The van der Waals surface area contributed by atoms with E-state index in [0.29, 0.717) is 35.7 Å². The lowest BCUT2D eigenvalue weighted by Gasteiger charge is -2.36. The van der Waals surface area contributed by atoms with Crippen LogP contribution in [0.3, 0.4) is 0 Å². The Morgan fingerprint density at radius 3 is 2.50 bits per heavy atom. The minimum absolute atomic E-state index is 0.0223. The second kappa shape index (κ2) is 11.1. The van der Waals surface area contributed by atoms with E-state index in [0.717, 1.165) is 12.8 Å². The van der Waals surface area contributed by atoms with Gasteiger partial charge in [0.25, 0.3) is 11.8 Å². The lowest BCUT2D eigenvalue weighted by molar-refractivity contribution is -0.117. The van der Waals surface area contributed by atoms with E-state index in [4.69, 9.17) is 9.47 Å². The summed E-state index contributed by atoms with van der Waals surface area (Å²) < 4.78 is 11.9. The molecule has 9 nitrogen and oxygen atoms in total. The molecule has 2 heterocycles. The highest BCUT2D eigenvalue weighted by atomic mass is 16.5. The maximum atomic E-state index is 13.5. The first-order valence-electron chi connectivity index (χ1n) is 12.4. The molecule has 192 valence electrons. The summed E-state index contributed by atoms with van der Waals surface area (Å²) in [7, 11) is 3.34. The molecule has 3 atom stereocenters. The van der Waals surface area contributed by atoms with Crippen molar-refractivity contribution in [3.05, 3.63) is 53.9 Å². The highest BCUT2D eigenvalue weighted by Crippen LogP contribution is 2.32. The van der Waals surface area contributed by atoms with Gasteiger partial charge in [-0.15, -0.1) is 0 Å². The van der Waals surface area contributed by atoms with Gasteiger partial charge in [0.15, 0.2) is 0 Å². The zero-order valence-electron chi connectivity index (χ0n) is 21.3. The Hall–Kier alpha value is -3.46. The lowest BCUT2D eigenvalue weighted by atomic mass is 10.0. The third-order valence-corrected chi connectivity index (χ3v) is 6.85. The van der Waals surface area contributed by atoms with Gasteiger partial charge < -0.3 is 24.6 Å². The first-order chi connectivity index (χ1) is 17.3. The van der Waals surface area contributed by atoms with Gasteiger partial charge in [0.2, 0.25) is 5.91 Å². The Labute approximate surface area is 211 Å². The number of aromatic nitrogens is 1. The number of fused-ring (bicyclic) bond motifs is 1. The molecule has 1 aromatic carbocycles. The molecule has 1 saturated carbocycles. The predicted octanol–water partition coefficient (Wildman–Crippen LogP) is 3.08. The van der Waals surface area contributed by atoms with E-state index < -0.39 is 0 Å². The number of pyridine rings is 1. The summed E-state index contributed by atoms with van der Waals surface area (Å²) in [5.74, 6) is 0.0367. The minimum Gasteiger partial charge on any atom is -0.491 e. The quantitative estimate of drug-likeness (QED) is 0.701. The van der Waals surface area contributed by atoms with Crippen molar-refractivity contribution in [2.24, 2.45) is 11.8 Å². The van der Waals surface area contributed by atoms with Crippen LogP contribution in [0.5, 0.6) is 5.75 Å². The standard InChI is InChI=1S/C27H34N4O5/c1-17-14-31(26(33)20-9-11-28-12-10-20)18(2)16-36-23-13-21(29-25(32)19-5-6-19)7-8-22(23)27(34)30(3)15-24(17)35-4/h7-13,17-19,24H,5-6,14-16H2,1-4H3,(H,29,32)/t17-,18+,24+/m0/s1. The van der Waals surface area contributed by atoms with Crippen LogP contribution >= 0.6 is 0 Å². The van der Waals surface area contributed by atoms with Crippen LogP contribution in [0.4, 0.5) is 5.69 Å². The molecule has 0 bridgehead atoms. The minimum atomic E-state index is -0.296. The van der Waals surface area contributed by atoms with Crippen LogP contribution in [0.15, 0.2) is 42.7 Å². The molecule has 36 heavy (non-hydrogen) atoms. The van der Waals surface area contributed by atoms with E-state index in [1.165, 1.54) is 0 Å². The maximum Gasteiger partial charge on any atom is 0.257 e. The third kappa shape index (κ3) is 5.84. The number of rotatable bonds is 4. The number of anilines is 1. The molecule has 1 fully saturated rings. The summed E-state index contributed by atoms with van der Waals surface area (Å²) in [6.07, 6.45) is 4.71. The van der Waals surface area contributed by atoms with E-state index in [-0.39, 0.29) is 48.3 Å². The van der Waals surface area contributed by atoms with Crippen molar-refractivity contribution in [2.75, 3.05) is 39.2 Å². The molecule has 0 unspecified atom stereocenters. The molecule has 1 aromatic heterocycles. The van der Waals surface area contributed by atoms with Gasteiger partial charge in [0.05, 0.1) is 17.7 Å². The van der Waals surface area contributed by atoms with Crippen LogP contribution in [0, 0.1) is 11.8 Å². The van der Waals surface area contributed by atoms with Crippen molar-refractivity contribution in [3.8, 4) is 5.75 Å². The van der Waals surface area contributed by atoms with Gasteiger partial charge in [-0.25, -0.2) is 0 Å². The Morgan fingerprint density at radius 2 is 1.83 bits per heavy atom. The van der Waals surface area contributed by atoms with Gasteiger partial charge in [0.1, 0.15) is 12.4 Å². The number of hydrogen-bond donors (Lipinski definition) is 1. The van der Waals surface area contributed by atoms with Gasteiger partial charge in [-0.3, -0.25) is 19.4 Å². The molecule has 0 radical (unpaired) electrons. The zero-order valence-corrected chi connectivity index (χ0v) is 21.3. The maximum absolute atomic E-state index is 13.5. The molecule has 2 aliphatic rings. The number of nitrogens with one attached hydrogen (secondary N) is 1. The van der Waals surface area contributed by atoms with Crippen molar-refractivity contribution in [1.29, 1.82) is 0 Å². The monoisotopic (exact) mass is 494 g/mol. The summed E-state index contributed by atoms with van der Waals surface area (Å²) >= 11 is 0. The fourth-order valence-electron chi connectivity index (χ4n) is 4.38. The van der Waals surface area contributed by atoms with Crippen molar-refractivity contribution in [3.63, 3.8) is 0 Å². The Bertz CT molecular complexity index is 1100. The molecule has 0 saturated heterocycles. The normalized spacial score (nSPS) is 23.1. The van der Waals surface area contributed by atoms with Gasteiger partial charge in [0, 0.05) is 68.8 Å². The highest BCUT2D eigenvalue weighted by molar-refractivity contribution is 5.99. The Balaban J connectivity index is 1.66. The Morgan fingerprint density at radius 1 is 1.11 bits per heavy atom. The lowest BCUT2D eigenvalue weighted by Crippen LogP contribution is -2.48. The molecule has 1 N–H and O–H groups in total. The largest absolute Gasteiger partial charge is 0.491 e. The average Bonchev–Trinajstić information content (AvgIpc) is 3.74. The number of nitrogens with zero attached hydrogens (tertiary/aromatic N) is 3. The molecule has 3 amide bonds. The van der Waals surface area contributed by atoms with Crippen molar-refractivity contribution in [2.45, 2.75) is 38.8 Å². The molecule has 2 aromatic rings. The molecule has 0 spiro atoms. The number of carbonyl (C=O) groups is 3. The number of amides is 3. The first kappa shape index (κ1) is 25.6. The second-order valence-electron chi connectivity index (χ2n) is 9.77. The predicted molar refractivity (Wildman–Crippen MR) is 135 cm³/mol. The van der Waals surface area contributed by atoms with Crippen LogP contribution < -0.4 is 10.1 Å². The SMILES string of the molecule is CO[C@@H]1CN(C)C(=O)c2ccc(NC(=O)C3CC3)cc2OC[C@@H](C)N(C(=O)c2ccncc2)C[C@@H]1C. The zero-order chi connectivity index (χ0) is 25.8. The summed E-state index contributed by atoms with van der Waals surface area (Å²) in [6.45, 7) is 4.89. The third-order valence-electron chi connectivity index (χ3n) is 6.85. The second-order valence-corrected chi connectivity index (χ2v) is 9.77. The van der Waals surface area contributed by atoms with Crippen LogP contribution in [-0.4, -0.2) is 78.5 Å². The first-order valence-corrected chi connectivity index (χ1v) is 12.4. The van der Waals surface area contributed by atoms with E-state index in [1.54, 1.807) is 66.7 Å². The summed E-state index contributed by atoms with van der Waals surface area (Å²) in [5, 5.41) is 2.91. The van der Waals surface area contributed by atoms with Gasteiger partial charge >= 0.3 is 0 Å². The fourth-order valence-corrected chi connectivity index (χ4v) is 4.38. The van der Waals surface area contributed by atoms with Gasteiger partial charge in [-0.05, 0) is 44.0 Å². The van der Waals surface area contributed by atoms with E-state index >= 15 is 0 Å². The van der Waals surface area contributed by atoms with Crippen molar-refractivity contribution in [1.82, 2.24) is 14.8 Å². The summed E-state index contributed by atoms with van der Waals surface area (Å²) in [4.78, 5) is 46.5. The summed E-state index contributed by atoms with van der Waals surface area (Å²) in [6, 6.07) is 8.18. The molecule has 4 rings (SSSR count). The summed E-state index contributed by atoms with van der Waals surface area (Å²) in [5.41, 5.74) is 1.51. The molecular weight excluding hydrogens is 460 g/mol. The number of benzene rings is 1. The fraction of sp³-hybridized carbons (Fsp3) is 0.481. The highest BCUT2D eigenvalue weighted by Gasteiger charge is 2.32. The van der Waals surface area contributed by atoms with Crippen molar-refractivity contribution >= 4 is 23.4 Å². The average molecular weight is 495 g/mol. The van der Waals surface area contributed by atoms with E-state index in [2.05, 4.69) is 10.3 Å². The van der Waals surface area contributed by atoms with Crippen molar-refractivity contribution < 1.29 is 23.9 Å². The molecule has 9 heteroatoms. The van der Waals surface area contributed by atoms with Gasteiger partial charge in [-0.1, -0.05) is 6.92 Å². The molecular formula is C27H34N4O5. The van der Waals surface area contributed by atoms with Crippen LogP contribution in [0.25, 0.3) is 0 Å². The number of likely N-dealkylation sites (N-methyl/N-ethyl adjacent to an activating group) is 1.